The van der Waals surface area contributed by atoms with Crippen molar-refractivity contribution in [1.29, 1.82) is 0 Å². The number of hydrogen-bond acceptors (Lipinski definition) is 5. The number of nitrogens with one attached hydrogen (secondary N) is 1. The topological polar surface area (TPSA) is 67.9 Å². The second-order valence-electron chi connectivity index (χ2n) is 10.2. The molecule has 2 unspecified atom stereocenters. The molecule has 0 aliphatic carbocycles. The van der Waals surface area contributed by atoms with E-state index in [2.05, 4.69) is 32.2 Å². The largest absolute Gasteiger partial charge is 0.350 e. The van der Waals surface area contributed by atoms with E-state index >= 15 is 0 Å². The predicted molar refractivity (Wildman–Crippen MR) is 142 cm³/mol. The molecule has 0 fully saturated rings. The van der Waals surface area contributed by atoms with E-state index in [9.17, 15) is 9.36 Å². The molecular formula is C27H47N2O4P. The minimum Gasteiger partial charge on any atom is -0.350 e. The molecule has 1 rings (SSSR count). The van der Waals surface area contributed by atoms with Crippen molar-refractivity contribution in [3.8, 4) is 0 Å². The highest BCUT2D eigenvalue weighted by Crippen LogP contribution is 2.56. The van der Waals surface area contributed by atoms with Crippen molar-refractivity contribution in [2.24, 2.45) is 5.92 Å². The molecule has 0 bridgehead atoms. The van der Waals surface area contributed by atoms with E-state index in [1.165, 1.54) is 5.57 Å². The molecule has 2 atom stereocenters. The molecule has 34 heavy (non-hydrogen) atoms. The van der Waals surface area contributed by atoms with Crippen LogP contribution in [0.25, 0.3) is 0 Å². The van der Waals surface area contributed by atoms with Gasteiger partial charge in [-0.25, -0.2) is 0 Å². The lowest BCUT2D eigenvalue weighted by Gasteiger charge is -2.37. The van der Waals surface area contributed by atoms with Crippen LogP contribution in [-0.2, 0) is 25.0 Å². The van der Waals surface area contributed by atoms with Crippen molar-refractivity contribution in [3.05, 3.63) is 47.5 Å². The highest BCUT2D eigenvalue weighted by atomic mass is 31.2. The van der Waals surface area contributed by atoms with Crippen LogP contribution >= 0.6 is 7.60 Å². The molecule has 0 saturated carbocycles. The van der Waals surface area contributed by atoms with Gasteiger partial charge >= 0.3 is 7.60 Å². The summed E-state index contributed by atoms with van der Waals surface area (Å²) in [6.45, 7) is 17.1. The number of rotatable bonds is 15. The first-order valence-electron chi connectivity index (χ1n) is 12.5. The Hall–Kier alpha value is -1.46. The van der Waals surface area contributed by atoms with Crippen molar-refractivity contribution >= 4 is 13.5 Å². The molecule has 0 aromatic heterocycles. The van der Waals surface area contributed by atoms with Gasteiger partial charge in [0.1, 0.15) is 5.78 Å². The van der Waals surface area contributed by atoms with E-state index in [4.69, 9.17) is 9.05 Å². The first-order chi connectivity index (χ1) is 15.9. The molecule has 6 nitrogen and oxygen atoms in total. The Morgan fingerprint density at radius 3 is 2.21 bits per heavy atom. The Morgan fingerprint density at radius 2 is 1.71 bits per heavy atom. The maximum Gasteiger partial charge on any atom is 0.347 e. The third kappa shape index (κ3) is 11.8. The Balaban J connectivity index is 3.34. The van der Waals surface area contributed by atoms with E-state index in [1.54, 1.807) is 0 Å². The van der Waals surface area contributed by atoms with Gasteiger partial charge in [0, 0.05) is 12.1 Å². The van der Waals surface area contributed by atoms with Crippen LogP contribution in [0.5, 0.6) is 0 Å². The fourth-order valence-corrected chi connectivity index (χ4v) is 6.23. The van der Waals surface area contributed by atoms with Crippen LogP contribution < -0.4 is 5.32 Å². The van der Waals surface area contributed by atoms with E-state index < -0.39 is 13.4 Å². The van der Waals surface area contributed by atoms with E-state index in [-0.39, 0.29) is 37.1 Å². The highest BCUT2D eigenvalue weighted by molar-refractivity contribution is 7.54. The van der Waals surface area contributed by atoms with Crippen LogP contribution in [0.15, 0.2) is 42.0 Å². The monoisotopic (exact) mass is 494 g/mol. The van der Waals surface area contributed by atoms with E-state index in [0.717, 1.165) is 18.4 Å². The van der Waals surface area contributed by atoms with Crippen molar-refractivity contribution < 1.29 is 18.4 Å². The summed E-state index contributed by atoms with van der Waals surface area (Å²) in [5, 5.41) is 3.05. The average Bonchev–Trinajstić information content (AvgIpc) is 2.71. The minimum absolute atomic E-state index is 0.106. The van der Waals surface area contributed by atoms with Gasteiger partial charge in [-0.1, -0.05) is 48.9 Å². The Kier molecular flexibility index (Phi) is 13.3. The normalized spacial score (nSPS) is 14.0. The first-order valence-corrected chi connectivity index (χ1v) is 14.1. The summed E-state index contributed by atoms with van der Waals surface area (Å²) in [5.41, 5.74) is 1.99. The van der Waals surface area contributed by atoms with Crippen molar-refractivity contribution in [2.75, 3.05) is 19.8 Å². The quantitative estimate of drug-likeness (QED) is 0.215. The van der Waals surface area contributed by atoms with Gasteiger partial charge in [0.25, 0.3) is 0 Å². The smallest absolute Gasteiger partial charge is 0.347 e. The van der Waals surface area contributed by atoms with Crippen LogP contribution in [-0.4, -0.2) is 41.9 Å². The van der Waals surface area contributed by atoms with Gasteiger partial charge in [0.05, 0.1) is 19.8 Å². The summed E-state index contributed by atoms with van der Waals surface area (Å²) in [7, 11) is -3.50. The maximum atomic E-state index is 14.1. The molecule has 1 aromatic rings. The molecule has 0 spiro atoms. The third-order valence-electron chi connectivity index (χ3n) is 5.32. The Bertz CT molecular complexity index is 791. The van der Waals surface area contributed by atoms with Crippen LogP contribution in [0.1, 0.15) is 80.2 Å². The minimum atomic E-state index is -3.50. The van der Waals surface area contributed by atoms with E-state index in [1.807, 2.05) is 69.9 Å². The number of carbonyl (C=O) groups is 1. The molecule has 7 heteroatoms. The molecule has 1 N–H and O–H groups in total. The average molecular weight is 495 g/mol. The zero-order chi connectivity index (χ0) is 25.8. The molecule has 0 radical (unpaired) electrons. The predicted octanol–water partition coefficient (Wildman–Crippen LogP) is 6.77. The number of amides is 1. The summed E-state index contributed by atoms with van der Waals surface area (Å²) in [4.78, 5) is 15.0. The zero-order valence-corrected chi connectivity index (χ0v) is 23.5. The van der Waals surface area contributed by atoms with Gasteiger partial charge in [-0.3, -0.25) is 14.3 Å². The lowest BCUT2D eigenvalue weighted by Crippen LogP contribution is -2.48. The summed E-state index contributed by atoms with van der Waals surface area (Å²) in [6.07, 6.45) is 4.78. The fraction of sp³-hybridized carbons (Fsp3) is 0.667. The number of hydrogen-bond donors (Lipinski definition) is 1. The molecule has 0 aliphatic rings. The third-order valence-corrected chi connectivity index (χ3v) is 7.82. The van der Waals surface area contributed by atoms with Gasteiger partial charge in [-0.05, 0) is 79.2 Å². The summed E-state index contributed by atoms with van der Waals surface area (Å²) >= 11 is 0. The molecule has 0 heterocycles. The number of allylic oxidation sites excluding steroid dienone is 2. The standard InChI is InChI=1S/C27H47N2O4P/c1-9-32-34(31,33-10-2)26(19-23(5)16-14-15-22(3)4)29(20-24-17-12-11-13-18-24)21-25(30)28-27(6,7)8/h11-13,15,17-18,23,26H,9-10,14,16,19-21H2,1-8H3,(H,28,30). The van der Waals surface area contributed by atoms with Gasteiger partial charge in [0.15, 0.2) is 0 Å². The van der Waals surface area contributed by atoms with Crippen molar-refractivity contribution in [1.82, 2.24) is 10.2 Å². The number of nitrogens with zero attached hydrogens (tertiary/aromatic N) is 1. The van der Waals surface area contributed by atoms with E-state index in [0.29, 0.717) is 13.0 Å². The number of benzene rings is 1. The lowest BCUT2D eigenvalue weighted by atomic mass is 10.00. The van der Waals surface area contributed by atoms with Crippen LogP contribution in [0, 0.1) is 5.92 Å². The maximum absolute atomic E-state index is 14.1. The van der Waals surface area contributed by atoms with Crippen molar-refractivity contribution in [3.63, 3.8) is 0 Å². The molecule has 0 saturated heterocycles. The van der Waals surface area contributed by atoms with Gasteiger partial charge in [0.2, 0.25) is 5.91 Å². The first kappa shape index (κ1) is 30.6. The fourth-order valence-electron chi connectivity index (χ4n) is 3.91. The Morgan fingerprint density at radius 1 is 1.12 bits per heavy atom. The van der Waals surface area contributed by atoms with Gasteiger partial charge in [-0.2, -0.15) is 0 Å². The van der Waals surface area contributed by atoms with Crippen LogP contribution in [0.4, 0.5) is 0 Å². The van der Waals surface area contributed by atoms with Crippen molar-refractivity contribution in [2.45, 2.75) is 92.5 Å². The summed E-state index contributed by atoms with van der Waals surface area (Å²) in [6, 6.07) is 9.97. The van der Waals surface area contributed by atoms with Gasteiger partial charge < -0.3 is 14.4 Å². The Labute approximate surface area is 208 Å². The molecule has 194 valence electrons. The SMILES string of the molecule is CCOP(=O)(OCC)C(CC(C)CCC=C(C)C)N(CC(=O)NC(C)(C)C)Cc1ccccc1. The second-order valence-corrected chi connectivity index (χ2v) is 12.4. The van der Waals surface area contributed by atoms with Crippen LogP contribution in [0.3, 0.4) is 0 Å². The number of carbonyl (C=O) groups excluding carboxylic acids is 1. The second kappa shape index (κ2) is 14.8. The summed E-state index contributed by atoms with van der Waals surface area (Å²) < 4.78 is 25.7. The lowest BCUT2D eigenvalue weighted by molar-refractivity contribution is -0.124. The molecular weight excluding hydrogens is 447 g/mol. The van der Waals surface area contributed by atoms with Crippen LogP contribution in [0.2, 0.25) is 0 Å². The highest BCUT2D eigenvalue weighted by Gasteiger charge is 2.41. The summed E-state index contributed by atoms with van der Waals surface area (Å²) in [5.74, 6) is -0.357. The molecule has 1 amide bonds. The zero-order valence-electron chi connectivity index (χ0n) is 22.6. The molecule has 1 aromatic carbocycles. The van der Waals surface area contributed by atoms with Gasteiger partial charge in [-0.15, -0.1) is 0 Å². The molecule has 0 aliphatic heterocycles.